The summed E-state index contributed by atoms with van der Waals surface area (Å²) in [5.41, 5.74) is 2.22. The van der Waals surface area contributed by atoms with E-state index >= 15 is 0 Å². The van der Waals surface area contributed by atoms with E-state index in [4.69, 9.17) is 4.74 Å². The van der Waals surface area contributed by atoms with Crippen molar-refractivity contribution < 1.29 is 9.53 Å². The fourth-order valence-electron chi connectivity index (χ4n) is 2.88. The number of aromatic nitrogens is 1. The molecule has 2 aromatic rings. The molecule has 5 nitrogen and oxygen atoms in total. The smallest absolute Gasteiger partial charge is 0.274 e. The van der Waals surface area contributed by atoms with Crippen LogP contribution in [0.1, 0.15) is 30.3 Å². The number of nitrogens with one attached hydrogen (secondary N) is 1. The molecule has 1 aromatic carbocycles. The zero-order valence-electron chi connectivity index (χ0n) is 14.2. The van der Waals surface area contributed by atoms with Gasteiger partial charge in [-0.25, -0.2) is 0 Å². The number of ether oxygens (including phenoxy) is 1. The van der Waals surface area contributed by atoms with E-state index in [0.29, 0.717) is 5.69 Å². The molecule has 1 aromatic heterocycles. The Morgan fingerprint density at radius 3 is 2.58 bits per heavy atom. The Bertz CT molecular complexity index is 692. The molecule has 0 radical (unpaired) electrons. The van der Waals surface area contributed by atoms with Crippen molar-refractivity contribution in [3.8, 4) is 5.75 Å². The zero-order valence-corrected chi connectivity index (χ0v) is 14.2. The number of piperidine rings is 1. The average molecular weight is 325 g/mol. The van der Waals surface area contributed by atoms with Crippen molar-refractivity contribution in [1.82, 2.24) is 4.98 Å². The maximum absolute atomic E-state index is 12.4. The van der Waals surface area contributed by atoms with Gasteiger partial charge in [-0.3, -0.25) is 9.78 Å². The average Bonchev–Trinajstić information content (AvgIpc) is 2.63. The van der Waals surface area contributed by atoms with E-state index in [-0.39, 0.29) is 5.91 Å². The summed E-state index contributed by atoms with van der Waals surface area (Å²) in [4.78, 5) is 19.0. The molecule has 1 aliphatic heterocycles. The normalized spacial score (nSPS) is 15.2. The SMILES string of the molecule is COc1ccc(NC(=O)c2cc(N3CCC(C)CC3)ccn2)cc1. The third kappa shape index (κ3) is 3.85. The van der Waals surface area contributed by atoms with Gasteiger partial charge in [0.1, 0.15) is 11.4 Å². The molecule has 0 saturated carbocycles. The fourth-order valence-corrected chi connectivity index (χ4v) is 2.88. The highest BCUT2D eigenvalue weighted by Crippen LogP contribution is 2.23. The lowest BCUT2D eigenvalue weighted by atomic mass is 9.99. The highest BCUT2D eigenvalue weighted by Gasteiger charge is 2.17. The Morgan fingerprint density at radius 1 is 1.21 bits per heavy atom. The van der Waals surface area contributed by atoms with Crippen LogP contribution < -0.4 is 15.0 Å². The molecule has 1 amide bonds. The molecule has 1 saturated heterocycles. The monoisotopic (exact) mass is 325 g/mol. The number of carbonyl (C=O) groups excluding carboxylic acids is 1. The van der Waals surface area contributed by atoms with Crippen molar-refractivity contribution in [2.24, 2.45) is 5.92 Å². The topological polar surface area (TPSA) is 54.5 Å². The van der Waals surface area contributed by atoms with Crippen LogP contribution in [-0.4, -0.2) is 31.1 Å². The summed E-state index contributed by atoms with van der Waals surface area (Å²) in [6.07, 6.45) is 4.09. The minimum atomic E-state index is -0.201. The van der Waals surface area contributed by atoms with E-state index in [9.17, 15) is 4.79 Å². The molecule has 0 aliphatic carbocycles. The molecule has 126 valence electrons. The van der Waals surface area contributed by atoms with Gasteiger partial charge < -0.3 is 15.0 Å². The second-order valence-corrected chi connectivity index (χ2v) is 6.25. The molecule has 2 heterocycles. The number of carbonyl (C=O) groups is 1. The maximum Gasteiger partial charge on any atom is 0.274 e. The number of rotatable bonds is 4. The van der Waals surface area contributed by atoms with Crippen LogP contribution in [0.15, 0.2) is 42.6 Å². The Morgan fingerprint density at radius 2 is 1.92 bits per heavy atom. The van der Waals surface area contributed by atoms with Crippen LogP contribution in [0, 0.1) is 5.92 Å². The van der Waals surface area contributed by atoms with Gasteiger partial charge in [-0.1, -0.05) is 6.92 Å². The van der Waals surface area contributed by atoms with Gasteiger partial charge in [0.15, 0.2) is 0 Å². The van der Waals surface area contributed by atoms with Gasteiger partial charge in [0, 0.05) is 30.7 Å². The van der Waals surface area contributed by atoms with E-state index in [1.165, 1.54) is 12.8 Å². The lowest BCUT2D eigenvalue weighted by Gasteiger charge is -2.32. The molecule has 0 atom stereocenters. The number of nitrogens with zero attached hydrogens (tertiary/aromatic N) is 2. The summed E-state index contributed by atoms with van der Waals surface area (Å²) in [5, 5.41) is 2.87. The first-order chi connectivity index (χ1) is 11.7. The largest absolute Gasteiger partial charge is 0.497 e. The molecule has 5 heteroatoms. The first kappa shape index (κ1) is 16.3. The number of anilines is 2. The maximum atomic E-state index is 12.4. The van der Waals surface area contributed by atoms with Gasteiger partial charge in [0.2, 0.25) is 0 Å². The third-order valence-electron chi connectivity index (χ3n) is 4.47. The number of methoxy groups -OCH3 is 1. The van der Waals surface area contributed by atoms with Crippen molar-refractivity contribution in [2.45, 2.75) is 19.8 Å². The van der Waals surface area contributed by atoms with Gasteiger partial charge >= 0.3 is 0 Å². The van der Waals surface area contributed by atoms with Gasteiger partial charge in [-0.15, -0.1) is 0 Å². The lowest BCUT2D eigenvalue weighted by Crippen LogP contribution is -2.33. The van der Waals surface area contributed by atoms with E-state index in [0.717, 1.165) is 36.1 Å². The van der Waals surface area contributed by atoms with Crippen molar-refractivity contribution in [3.63, 3.8) is 0 Å². The predicted molar refractivity (Wildman–Crippen MR) is 95.8 cm³/mol. The number of hydrogen-bond donors (Lipinski definition) is 1. The van der Waals surface area contributed by atoms with Gasteiger partial charge in [0.05, 0.1) is 7.11 Å². The highest BCUT2D eigenvalue weighted by atomic mass is 16.5. The minimum absolute atomic E-state index is 0.201. The van der Waals surface area contributed by atoms with Crippen molar-refractivity contribution in [2.75, 3.05) is 30.4 Å². The van der Waals surface area contributed by atoms with Crippen LogP contribution in [0.2, 0.25) is 0 Å². The molecule has 0 bridgehead atoms. The Hall–Kier alpha value is -2.56. The minimum Gasteiger partial charge on any atom is -0.497 e. The molecule has 1 aliphatic rings. The van der Waals surface area contributed by atoms with Crippen molar-refractivity contribution in [3.05, 3.63) is 48.3 Å². The predicted octanol–water partition coefficient (Wildman–Crippen LogP) is 3.58. The summed E-state index contributed by atoms with van der Waals surface area (Å²) in [6.45, 7) is 4.35. The lowest BCUT2D eigenvalue weighted by molar-refractivity contribution is 0.102. The van der Waals surface area contributed by atoms with E-state index < -0.39 is 0 Å². The molecule has 1 N–H and O–H groups in total. The molecular formula is C19H23N3O2. The number of benzene rings is 1. The van der Waals surface area contributed by atoms with Crippen molar-refractivity contribution >= 4 is 17.3 Å². The van der Waals surface area contributed by atoms with Gasteiger partial charge in [-0.2, -0.15) is 0 Å². The van der Waals surface area contributed by atoms with E-state index in [1.54, 1.807) is 13.3 Å². The molecule has 3 rings (SSSR count). The van der Waals surface area contributed by atoms with Gasteiger partial charge in [0.25, 0.3) is 5.91 Å². The van der Waals surface area contributed by atoms with E-state index in [2.05, 4.69) is 22.1 Å². The molecule has 0 unspecified atom stereocenters. The van der Waals surface area contributed by atoms with Crippen LogP contribution in [-0.2, 0) is 0 Å². The summed E-state index contributed by atoms with van der Waals surface area (Å²) in [6, 6.07) is 11.1. The summed E-state index contributed by atoms with van der Waals surface area (Å²) < 4.78 is 5.12. The third-order valence-corrected chi connectivity index (χ3v) is 4.47. The van der Waals surface area contributed by atoms with Crippen LogP contribution in [0.5, 0.6) is 5.75 Å². The van der Waals surface area contributed by atoms with Crippen LogP contribution in [0.25, 0.3) is 0 Å². The van der Waals surface area contributed by atoms with E-state index in [1.807, 2.05) is 36.4 Å². The molecule has 1 fully saturated rings. The second kappa shape index (κ2) is 7.34. The zero-order chi connectivity index (χ0) is 16.9. The van der Waals surface area contributed by atoms with Crippen LogP contribution >= 0.6 is 0 Å². The van der Waals surface area contributed by atoms with Crippen LogP contribution in [0.4, 0.5) is 11.4 Å². The molecule has 24 heavy (non-hydrogen) atoms. The first-order valence-corrected chi connectivity index (χ1v) is 8.32. The number of hydrogen-bond acceptors (Lipinski definition) is 4. The number of amides is 1. The Balaban J connectivity index is 1.69. The fraction of sp³-hybridized carbons (Fsp3) is 0.368. The second-order valence-electron chi connectivity index (χ2n) is 6.25. The molecular weight excluding hydrogens is 302 g/mol. The summed E-state index contributed by atoms with van der Waals surface area (Å²) in [5.74, 6) is 1.33. The quantitative estimate of drug-likeness (QED) is 0.933. The van der Waals surface area contributed by atoms with Crippen LogP contribution in [0.3, 0.4) is 0 Å². The summed E-state index contributed by atoms with van der Waals surface area (Å²) >= 11 is 0. The van der Waals surface area contributed by atoms with Gasteiger partial charge in [-0.05, 0) is 55.2 Å². The Kier molecular flexibility index (Phi) is 4.99. The van der Waals surface area contributed by atoms with Crippen molar-refractivity contribution in [1.29, 1.82) is 0 Å². The first-order valence-electron chi connectivity index (χ1n) is 8.32. The molecule has 0 spiro atoms. The number of pyridine rings is 1. The standard InChI is InChI=1S/C19H23N3O2/c1-14-8-11-22(12-9-14)16-7-10-20-18(13-16)19(23)21-15-3-5-17(24-2)6-4-15/h3-7,10,13-14H,8-9,11-12H2,1-2H3,(H,21,23). The highest BCUT2D eigenvalue weighted by molar-refractivity contribution is 6.03. The summed E-state index contributed by atoms with van der Waals surface area (Å²) in [7, 11) is 1.62. The Labute approximate surface area is 142 Å².